The van der Waals surface area contributed by atoms with E-state index >= 15 is 0 Å². The van der Waals surface area contributed by atoms with Crippen LogP contribution < -0.4 is 0 Å². The normalized spacial score (nSPS) is 22.6. The van der Waals surface area contributed by atoms with Gasteiger partial charge in [-0.1, -0.05) is 12.1 Å². The van der Waals surface area contributed by atoms with Gasteiger partial charge in [0.2, 0.25) is 0 Å². The summed E-state index contributed by atoms with van der Waals surface area (Å²) in [5, 5.41) is 0. The second-order valence-corrected chi connectivity index (χ2v) is 5.62. The van der Waals surface area contributed by atoms with Crippen molar-refractivity contribution in [3.05, 3.63) is 35.6 Å². The molecule has 0 aliphatic carbocycles. The summed E-state index contributed by atoms with van der Waals surface area (Å²) >= 11 is 0. The zero-order valence-electron chi connectivity index (χ0n) is 12.6. The maximum absolute atomic E-state index is 13.1. The number of benzene rings is 1. The zero-order valence-corrected chi connectivity index (χ0v) is 12.6. The van der Waals surface area contributed by atoms with Crippen molar-refractivity contribution in [2.45, 2.75) is 24.7 Å². The molecule has 2 heterocycles. The highest BCUT2D eigenvalue weighted by molar-refractivity contribution is 5.77. The van der Waals surface area contributed by atoms with Gasteiger partial charge < -0.3 is 14.2 Å². The number of nitrogens with zero attached hydrogens (tertiary/aromatic N) is 1. The Morgan fingerprint density at radius 3 is 2.36 bits per heavy atom. The molecular weight excluding hydrogens is 289 g/mol. The summed E-state index contributed by atoms with van der Waals surface area (Å²) in [7, 11) is 1.37. The Morgan fingerprint density at radius 1 is 1.23 bits per heavy atom. The molecule has 120 valence electrons. The maximum atomic E-state index is 13.1. The van der Waals surface area contributed by atoms with E-state index in [0.717, 1.165) is 5.56 Å². The molecule has 0 amide bonds. The third kappa shape index (κ3) is 2.99. The third-order valence-corrected chi connectivity index (χ3v) is 4.35. The Labute approximate surface area is 128 Å². The van der Waals surface area contributed by atoms with E-state index in [9.17, 15) is 9.18 Å². The quantitative estimate of drug-likeness (QED) is 0.798. The largest absolute Gasteiger partial charge is 0.468 e. The van der Waals surface area contributed by atoms with Crippen molar-refractivity contribution < 1.29 is 23.4 Å². The van der Waals surface area contributed by atoms with Gasteiger partial charge in [-0.15, -0.1) is 0 Å². The lowest BCUT2D eigenvalue weighted by atomic mass is 9.98. The van der Waals surface area contributed by atoms with E-state index in [1.54, 1.807) is 12.1 Å². The molecule has 0 bridgehead atoms. The van der Waals surface area contributed by atoms with Crippen molar-refractivity contribution in [2.24, 2.45) is 0 Å². The van der Waals surface area contributed by atoms with Gasteiger partial charge in [-0.05, 0) is 17.7 Å². The van der Waals surface area contributed by atoms with Crippen LogP contribution in [0.25, 0.3) is 0 Å². The number of carbonyl (C=O) groups excluding carboxylic acids is 1. The number of likely N-dealkylation sites (tertiary alicyclic amines) is 1. The predicted molar refractivity (Wildman–Crippen MR) is 76.6 cm³/mol. The number of rotatable bonds is 3. The SMILES string of the molecule is COC(=O)[C@@H](c1ccc(F)cc1)N1CCC2(CC1)OCCO2. The first-order valence-corrected chi connectivity index (χ1v) is 7.49. The second-order valence-electron chi connectivity index (χ2n) is 5.62. The van der Waals surface area contributed by atoms with Gasteiger partial charge in [0, 0.05) is 25.9 Å². The van der Waals surface area contributed by atoms with Crippen LogP contribution in [0, 0.1) is 5.82 Å². The molecule has 1 spiro atoms. The molecule has 5 nitrogen and oxygen atoms in total. The van der Waals surface area contributed by atoms with Gasteiger partial charge in [-0.3, -0.25) is 4.90 Å². The molecule has 1 aromatic carbocycles. The minimum absolute atomic E-state index is 0.322. The van der Waals surface area contributed by atoms with E-state index in [1.807, 2.05) is 4.90 Å². The van der Waals surface area contributed by atoms with E-state index in [4.69, 9.17) is 14.2 Å². The van der Waals surface area contributed by atoms with Crippen LogP contribution in [-0.4, -0.2) is 50.1 Å². The molecule has 2 aliphatic heterocycles. The Morgan fingerprint density at radius 2 is 1.82 bits per heavy atom. The van der Waals surface area contributed by atoms with Crippen molar-refractivity contribution >= 4 is 5.97 Å². The molecule has 3 rings (SSSR count). The van der Waals surface area contributed by atoms with E-state index in [-0.39, 0.29) is 11.8 Å². The van der Waals surface area contributed by atoms with Gasteiger partial charge in [0.1, 0.15) is 11.9 Å². The first-order chi connectivity index (χ1) is 10.6. The highest BCUT2D eigenvalue weighted by Crippen LogP contribution is 2.35. The highest BCUT2D eigenvalue weighted by Gasteiger charge is 2.42. The average molecular weight is 309 g/mol. The topological polar surface area (TPSA) is 48.0 Å². The molecule has 0 saturated carbocycles. The summed E-state index contributed by atoms with van der Waals surface area (Å²) in [6, 6.07) is 5.46. The zero-order chi connectivity index (χ0) is 15.6. The predicted octanol–water partition coefficient (Wildman–Crippen LogP) is 1.88. The molecule has 2 aliphatic rings. The van der Waals surface area contributed by atoms with Crippen molar-refractivity contribution in [1.29, 1.82) is 0 Å². The smallest absolute Gasteiger partial charge is 0.327 e. The summed E-state index contributed by atoms with van der Waals surface area (Å²) in [4.78, 5) is 14.2. The number of carbonyl (C=O) groups is 1. The fraction of sp³-hybridized carbons (Fsp3) is 0.562. The Balaban J connectivity index is 1.76. The second kappa shape index (κ2) is 6.32. The fourth-order valence-electron chi connectivity index (χ4n) is 3.16. The van der Waals surface area contributed by atoms with E-state index < -0.39 is 11.8 Å². The van der Waals surface area contributed by atoms with Crippen LogP contribution in [0.1, 0.15) is 24.4 Å². The molecule has 2 saturated heterocycles. The van der Waals surface area contributed by atoms with Crippen LogP contribution in [0.15, 0.2) is 24.3 Å². The molecule has 1 aromatic rings. The third-order valence-electron chi connectivity index (χ3n) is 4.35. The molecule has 0 radical (unpaired) electrons. The van der Waals surface area contributed by atoms with Gasteiger partial charge in [0.15, 0.2) is 5.79 Å². The Hall–Kier alpha value is -1.50. The van der Waals surface area contributed by atoms with E-state index in [1.165, 1.54) is 19.2 Å². The first-order valence-electron chi connectivity index (χ1n) is 7.49. The van der Waals surface area contributed by atoms with Crippen molar-refractivity contribution in [2.75, 3.05) is 33.4 Å². The molecule has 0 unspecified atom stereocenters. The minimum atomic E-state index is -0.524. The Bertz CT molecular complexity index is 517. The number of methoxy groups -OCH3 is 1. The summed E-state index contributed by atoms with van der Waals surface area (Å²) in [6.45, 7) is 2.57. The van der Waals surface area contributed by atoms with Gasteiger partial charge >= 0.3 is 5.97 Å². The molecule has 6 heteroatoms. The van der Waals surface area contributed by atoms with Crippen LogP contribution in [-0.2, 0) is 19.0 Å². The monoisotopic (exact) mass is 309 g/mol. The van der Waals surface area contributed by atoms with Crippen molar-refractivity contribution in [1.82, 2.24) is 4.90 Å². The summed E-state index contributed by atoms with van der Waals surface area (Å²) in [5.74, 6) is -1.14. The molecule has 2 fully saturated rings. The summed E-state index contributed by atoms with van der Waals surface area (Å²) < 4.78 is 29.4. The molecule has 0 N–H and O–H groups in total. The standard InChI is InChI=1S/C16H20FNO4/c1-20-15(19)14(12-2-4-13(17)5-3-12)18-8-6-16(7-9-18)21-10-11-22-16/h2-5,14H,6-11H2,1H3/t14-/m1/s1. The highest BCUT2D eigenvalue weighted by atomic mass is 19.1. The number of ether oxygens (including phenoxy) is 3. The fourth-order valence-corrected chi connectivity index (χ4v) is 3.16. The molecule has 1 atom stereocenters. The van der Waals surface area contributed by atoms with Gasteiger partial charge in [0.05, 0.1) is 20.3 Å². The number of esters is 1. The van der Waals surface area contributed by atoms with Gasteiger partial charge in [0.25, 0.3) is 0 Å². The van der Waals surface area contributed by atoms with Gasteiger partial charge in [-0.2, -0.15) is 0 Å². The van der Waals surface area contributed by atoms with Crippen LogP contribution in [0.2, 0.25) is 0 Å². The van der Waals surface area contributed by atoms with Crippen LogP contribution in [0.4, 0.5) is 4.39 Å². The van der Waals surface area contributed by atoms with Crippen molar-refractivity contribution in [3.63, 3.8) is 0 Å². The Kier molecular flexibility index (Phi) is 4.42. The molecule has 22 heavy (non-hydrogen) atoms. The summed E-state index contributed by atoms with van der Waals surface area (Å²) in [5.41, 5.74) is 0.734. The first kappa shape index (κ1) is 15.4. The number of hydrogen-bond acceptors (Lipinski definition) is 5. The number of hydrogen-bond donors (Lipinski definition) is 0. The van der Waals surface area contributed by atoms with E-state index in [0.29, 0.717) is 39.1 Å². The lowest BCUT2D eigenvalue weighted by molar-refractivity contribution is -0.191. The number of halogens is 1. The minimum Gasteiger partial charge on any atom is -0.468 e. The molecular formula is C16H20FNO4. The lowest BCUT2D eigenvalue weighted by Crippen LogP contribution is -2.48. The van der Waals surface area contributed by atoms with Crippen LogP contribution in [0.5, 0.6) is 0 Å². The number of piperidine rings is 1. The maximum Gasteiger partial charge on any atom is 0.327 e. The summed E-state index contributed by atoms with van der Waals surface area (Å²) in [6.07, 6.45) is 1.42. The van der Waals surface area contributed by atoms with E-state index in [2.05, 4.69) is 0 Å². The molecule has 0 aromatic heterocycles. The van der Waals surface area contributed by atoms with Crippen LogP contribution in [0.3, 0.4) is 0 Å². The van der Waals surface area contributed by atoms with Crippen molar-refractivity contribution in [3.8, 4) is 0 Å². The van der Waals surface area contributed by atoms with Gasteiger partial charge in [-0.25, -0.2) is 9.18 Å². The van der Waals surface area contributed by atoms with Crippen LogP contribution >= 0.6 is 0 Å². The lowest BCUT2D eigenvalue weighted by Gasteiger charge is -2.40. The average Bonchev–Trinajstić information content (AvgIpc) is 2.99.